The maximum atomic E-state index is 12.1. The summed E-state index contributed by atoms with van der Waals surface area (Å²) in [5, 5.41) is 9.36. The number of nitrogens with zero attached hydrogens (tertiary/aromatic N) is 2. The van der Waals surface area contributed by atoms with Crippen LogP contribution in [0.2, 0.25) is 0 Å². The molecule has 130 valence electrons. The molecule has 25 heavy (non-hydrogen) atoms. The van der Waals surface area contributed by atoms with Crippen LogP contribution in [0.4, 0.5) is 5.13 Å². The highest BCUT2D eigenvalue weighted by molar-refractivity contribution is 14.1. The number of benzene rings is 1. The predicted octanol–water partition coefficient (Wildman–Crippen LogP) is 4.89. The molecule has 0 radical (unpaired) electrons. The number of hydrogen-bond acceptors (Lipinski definition) is 6. The third-order valence-electron chi connectivity index (χ3n) is 3.55. The van der Waals surface area contributed by atoms with Crippen LogP contribution in [0.5, 0.6) is 0 Å². The van der Waals surface area contributed by atoms with Crippen LogP contribution in [0.15, 0.2) is 34.2 Å². The molecule has 5 nitrogen and oxygen atoms in total. The van der Waals surface area contributed by atoms with Gasteiger partial charge in [0, 0.05) is 25.8 Å². The Morgan fingerprint density at radius 1 is 1.32 bits per heavy atom. The maximum absolute atomic E-state index is 12.1. The highest BCUT2D eigenvalue weighted by Crippen LogP contribution is 2.26. The second-order valence-electron chi connectivity index (χ2n) is 5.39. The zero-order valence-electron chi connectivity index (χ0n) is 13.7. The van der Waals surface area contributed by atoms with Gasteiger partial charge in [0.15, 0.2) is 5.13 Å². The van der Waals surface area contributed by atoms with Gasteiger partial charge in [-0.25, -0.2) is 4.98 Å². The number of hydrogen-bond donors (Lipinski definition) is 1. The van der Waals surface area contributed by atoms with Gasteiger partial charge < -0.3 is 9.84 Å². The molecule has 0 bridgehead atoms. The second-order valence-corrected chi connectivity index (χ2v) is 8.48. The van der Waals surface area contributed by atoms with Crippen LogP contribution in [-0.4, -0.2) is 21.8 Å². The number of thiazole rings is 1. The molecule has 0 spiro atoms. The van der Waals surface area contributed by atoms with Gasteiger partial charge in [-0.15, -0.1) is 23.1 Å². The van der Waals surface area contributed by atoms with E-state index in [4.69, 9.17) is 4.52 Å². The van der Waals surface area contributed by atoms with Crippen molar-refractivity contribution in [2.45, 2.75) is 19.6 Å². The standard InChI is InChI=1S/C17H16IN3O2S2/c1-10-14(11(2)23-21-10)7-24-9-16(22)20-17-19-15(8-25-17)12-3-5-13(18)6-4-12/h3-6,8H,7,9H2,1-2H3,(H,19,20,22). The number of aryl methyl sites for hydroxylation is 2. The maximum Gasteiger partial charge on any atom is 0.236 e. The average Bonchev–Trinajstić information content (AvgIpc) is 3.17. The lowest BCUT2D eigenvalue weighted by molar-refractivity contribution is -0.113. The van der Waals surface area contributed by atoms with Crippen molar-refractivity contribution in [3.05, 3.63) is 50.2 Å². The van der Waals surface area contributed by atoms with Crippen molar-refractivity contribution in [1.82, 2.24) is 10.1 Å². The van der Waals surface area contributed by atoms with Crippen molar-refractivity contribution in [3.63, 3.8) is 0 Å². The lowest BCUT2D eigenvalue weighted by Crippen LogP contribution is -2.14. The van der Waals surface area contributed by atoms with Crippen LogP contribution < -0.4 is 5.32 Å². The van der Waals surface area contributed by atoms with E-state index >= 15 is 0 Å². The van der Waals surface area contributed by atoms with Crippen LogP contribution in [0.1, 0.15) is 17.0 Å². The first-order valence-electron chi connectivity index (χ1n) is 7.53. The van der Waals surface area contributed by atoms with E-state index in [1.165, 1.54) is 26.7 Å². The summed E-state index contributed by atoms with van der Waals surface area (Å²) in [6.45, 7) is 3.80. The van der Waals surface area contributed by atoms with Gasteiger partial charge in [0.05, 0.1) is 17.1 Å². The van der Waals surface area contributed by atoms with Crippen molar-refractivity contribution in [1.29, 1.82) is 0 Å². The van der Waals surface area contributed by atoms with Gasteiger partial charge in [-0.3, -0.25) is 4.79 Å². The van der Waals surface area contributed by atoms with Crippen molar-refractivity contribution in [2.24, 2.45) is 0 Å². The molecule has 2 aromatic heterocycles. The van der Waals surface area contributed by atoms with Crippen molar-refractivity contribution in [2.75, 3.05) is 11.1 Å². The molecule has 2 heterocycles. The van der Waals surface area contributed by atoms with Gasteiger partial charge in [-0.05, 0) is 48.6 Å². The number of nitrogens with one attached hydrogen (secondary N) is 1. The van der Waals surface area contributed by atoms with Gasteiger partial charge in [-0.1, -0.05) is 17.3 Å². The topological polar surface area (TPSA) is 68.0 Å². The summed E-state index contributed by atoms with van der Waals surface area (Å²) in [6, 6.07) is 8.14. The van der Waals surface area contributed by atoms with Crippen LogP contribution >= 0.6 is 45.7 Å². The zero-order valence-corrected chi connectivity index (χ0v) is 17.5. The van der Waals surface area contributed by atoms with E-state index in [0.717, 1.165) is 28.3 Å². The summed E-state index contributed by atoms with van der Waals surface area (Å²) in [7, 11) is 0. The zero-order chi connectivity index (χ0) is 17.8. The van der Waals surface area contributed by atoms with E-state index in [2.05, 4.69) is 38.0 Å². The minimum atomic E-state index is -0.0553. The fraction of sp³-hybridized carbons (Fsp3) is 0.235. The molecular formula is C17H16IN3O2S2. The van der Waals surface area contributed by atoms with E-state index < -0.39 is 0 Å². The quantitative estimate of drug-likeness (QED) is 0.504. The first kappa shape index (κ1) is 18.4. The van der Waals surface area contributed by atoms with E-state index in [0.29, 0.717) is 16.6 Å². The van der Waals surface area contributed by atoms with E-state index in [1.807, 2.05) is 43.5 Å². The van der Waals surface area contributed by atoms with Crippen LogP contribution in [-0.2, 0) is 10.5 Å². The largest absolute Gasteiger partial charge is 0.361 e. The molecule has 1 aromatic carbocycles. The van der Waals surface area contributed by atoms with E-state index in [-0.39, 0.29) is 5.91 Å². The fourth-order valence-corrected chi connectivity index (χ4v) is 4.26. The monoisotopic (exact) mass is 485 g/mol. The van der Waals surface area contributed by atoms with Crippen LogP contribution in [0.25, 0.3) is 11.3 Å². The Hall–Kier alpha value is -1.39. The number of amides is 1. The Labute approximate surface area is 167 Å². The minimum absolute atomic E-state index is 0.0553. The molecule has 0 saturated heterocycles. The van der Waals surface area contributed by atoms with Crippen molar-refractivity contribution in [3.8, 4) is 11.3 Å². The smallest absolute Gasteiger partial charge is 0.236 e. The molecular weight excluding hydrogens is 469 g/mol. The van der Waals surface area contributed by atoms with Gasteiger partial charge in [-0.2, -0.15) is 0 Å². The molecule has 0 saturated carbocycles. The fourth-order valence-electron chi connectivity index (χ4n) is 2.19. The molecule has 0 aliphatic carbocycles. The average molecular weight is 485 g/mol. The molecule has 1 N–H and O–H groups in total. The highest BCUT2D eigenvalue weighted by Gasteiger charge is 2.11. The van der Waals surface area contributed by atoms with Gasteiger partial charge in [0.1, 0.15) is 5.76 Å². The Balaban J connectivity index is 1.52. The summed E-state index contributed by atoms with van der Waals surface area (Å²) >= 11 is 5.24. The number of carbonyl (C=O) groups is 1. The molecule has 3 aromatic rings. The van der Waals surface area contributed by atoms with Crippen molar-refractivity contribution < 1.29 is 9.32 Å². The number of rotatable bonds is 6. The molecule has 0 unspecified atom stereocenters. The molecule has 0 aliphatic rings. The summed E-state index contributed by atoms with van der Waals surface area (Å²) in [6.07, 6.45) is 0. The SMILES string of the molecule is Cc1noc(C)c1CSCC(=O)Nc1nc(-c2ccc(I)cc2)cs1. The van der Waals surface area contributed by atoms with Gasteiger partial charge in [0.25, 0.3) is 0 Å². The normalized spacial score (nSPS) is 10.8. The number of carbonyl (C=O) groups excluding carboxylic acids is 1. The first-order chi connectivity index (χ1) is 12.0. The third-order valence-corrected chi connectivity index (χ3v) is 5.99. The molecule has 8 heteroatoms. The number of thioether (sulfide) groups is 1. The van der Waals surface area contributed by atoms with Crippen molar-refractivity contribution >= 4 is 56.7 Å². The highest BCUT2D eigenvalue weighted by atomic mass is 127. The number of halogens is 1. The molecule has 0 aliphatic heterocycles. The molecule has 0 atom stereocenters. The molecule has 1 amide bonds. The third kappa shape index (κ3) is 4.83. The summed E-state index contributed by atoms with van der Waals surface area (Å²) < 4.78 is 6.31. The second kappa shape index (κ2) is 8.33. The number of anilines is 1. The Morgan fingerprint density at radius 2 is 2.08 bits per heavy atom. The molecule has 3 rings (SSSR count). The first-order valence-corrected chi connectivity index (χ1v) is 10.6. The Bertz CT molecular complexity index is 855. The lowest BCUT2D eigenvalue weighted by atomic mass is 10.2. The Morgan fingerprint density at radius 3 is 2.76 bits per heavy atom. The summed E-state index contributed by atoms with van der Waals surface area (Å²) in [5.41, 5.74) is 3.87. The van der Waals surface area contributed by atoms with Gasteiger partial charge >= 0.3 is 0 Å². The van der Waals surface area contributed by atoms with E-state index in [9.17, 15) is 4.79 Å². The summed E-state index contributed by atoms with van der Waals surface area (Å²) in [4.78, 5) is 16.6. The van der Waals surface area contributed by atoms with Gasteiger partial charge in [0.2, 0.25) is 5.91 Å². The minimum Gasteiger partial charge on any atom is -0.361 e. The lowest BCUT2D eigenvalue weighted by Gasteiger charge is -2.02. The molecule has 0 fully saturated rings. The van der Waals surface area contributed by atoms with Crippen LogP contribution in [0, 0.1) is 17.4 Å². The Kier molecular flexibility index (Phi) is 6.13. The summed E-state index contributed by atoms with van der Waals surface area (Å²) in [5.74, 6) is 1.83. The van der Waals surface area contributed by atoms with Crippen LogP contribution in [0.3, 0.4) is 0 Å². The number of aromatic nitrogens is 2. The predicted molar refractivity (Wildman–Crippen MR) is 111 cm³/mol. The van der Waals surface area contributed by atoms with E-state index in [1.54, 1.807) is 0 Å².